The number of ether oxygens (including phenoxy) is 1. The number of nitrogens with zero attached hydrogens (tertiary/aromatic N) is 2. The van der Waals surface area contributed by atoms with Gasteiger partial charge in [-0.25, -0.2) is 4.39 Å². The molecule has 2 aromatic carbocycles. The maximum absolute atomic E-state index is 13.6. The fourth-order valence-electron chi connectivity index (χ4n) is 4.43. The van der Waals surface area contributed by atoms with Crippen LogP contribution in [0.1, 0.15) is 33.3 Å². The first-order valence-electron chi connectivity index (χ1n) is 10.5. The Balaban J connectivity index is 1.60. The summed E-state index contributed by atoms with van der Waals surface area (Å²) in [6.07, 6.45) is 0. The van der Waals surface area contributed by atoms with Crippen LogP contribution >= 0.6 is 0 Å². The summed E-state index contributed by atoms with van der Waals surface area (Å²) in [7, 11) is 0. The van der Waals surface area contributed by atoms with Crippen molar-refractivity contribution in [1.82, 2.24) is 9.80 Å². The average Bonchev–Trinajstić information content (AvgIpc) is 3.06. The van der Waals surface area contributed by atoms with Crippen molar-refractivity contribution in [2.24, 2.45) is 0 Å². The van der Waals surface area contributed by atoms with Gasteiger partial charge in [0.25, 0.3) is 5.91 Å². The Bertz CT molecular complexity index is 1200. The highest BCUT2D eigenvalue weighted by Gasteiger charge is 2.42. The minimum Gasteiger partial charge on any atom is -0.450 e. The lowest BCUT2D eigenvalue weighted by molar-refractivity contribution is 0.0314. The van der Waals surface area contributed by atoms with Crippen molar-refractivity contribution in [1.29, 1.82) is 0 Å². The molecule has 160 valence electrons. The third-order valence-electron chi connectivity index (χ3n) is 6.07. The van der Waals surface area contributed by atoms with Gasteiger partial charge in [-0.05, 0) is 36.8 Å². The minimum absolute atomic E-state index is 0.0812. The molecule has 31 heavy (non-hydrogen) atoms. The first-order chi connectivity index (χ1) is 15.0. The number of halogens is 1. The van der Waals surface area contributed by atoms with Crippen LogP contribution in [0.25, 0.3) is 11.0 Å². The molecule has 1 fully saturated rings. The number of aryl methyl sites for hydroxylation is 1. The molecule has 0 saturated carbocycles. The van der Waals surface area contributed by atoms with Gasteiger partial charge in [0, 0.05) is 26.2 Å². The largest absolute Gasteiger partial charge is 0.450 e. The number of carbonyl (C=O) groups is 1. The van der Waals surface area contributed by atoms with Gasteiger partial charge < -0.3 is 14.1 Å². The lowest BCUT2D eigenvalue weighted by Gasteiger charge is -2.31. The summed E-state index contributed by atoms with van der Waals surface area (Å²) in [5, 5.41) is 0.452. The van der Waals surface area contributed by atoms with Crippen LogP contribution in [0.5, 0.6) is 0 Å². The predicted molar refractivity (Wildman–Crippen MR) is 114 cm³/mol. The van der Waals surface area contributed by atoms with Crippen LogP contribution in [0.3, 0.4) is 0 Å². The average molecular weight is 422 g/mol. The van der Waals surface area contributed by atoms with E-state index in [9.17, 15) is 14.0 Å². The Labute approximate surface area is 178 Å². The SMILES string of the molecule is Cc1ccc2oc3c(c(=O)c2c1)[C@H](c1ccc(F)cc1)N(CCN1CCOCC1)C3=O. The second-order valence-corrected chi connectivity index (χ2v) is 8.08. The van der Waals surface area contributed by atoms with Gasteiger partial charge in [-0.15, -0.1) is 0 Å². The van der Waals surface area contributed by atoms with Crippen molar-refractivity contribution in [3.63, 3.8) is 0 Å². The Morgan fingerprint density at radius 3 is 2.52 bits per heavy atom. The Morgan fingerprint density at radius 2 is 1.77 bits per heavy atom. The van der Waals surface area contributed by atoms with Crippen LogP contribution < -0.4 is 5.43 Å². The van der Waals surface area contributed by atoms with Crippen molar-refractivity contribution < 1.29 is 18.3 Å². The molecular weight excluding hydrogens is 399 g/mol. The molecule has 2 aliphatic heterocycles. The van der Waals surface area contributed by atoms with E-state index >= 15 is 0 Å². The van der Waals surface area contributed by atoms with Crippen LogP contribution in [-0.4, -0.2) is 55.1 Å². The van der Waals surface area contributed by atoms with Crippen molar-refractivity contribution in [3.05, 3.63) is 81.0 Å². The Kier molecular flexibility index (Phi) is 5.08. The lowest BCUT2D eigenvalue weighted by atomic mass is 9.98. The molecule has 3 aromatic rings. The topological polar surface area (TPSA) is 63.0 Å². The van der Waals surface area contributed by atoms with Crippen LogP contribution in [0.2, 0.25) is 0 Å². The molecule has 0 radical (unpaired) electrons. The summed E-state index contributed by atoms with van der Waals surface area (Å²) < 4.78 is 24.9. The van der Waals surface area contributed by atoms with E-state index in [0.29, 0.717) is 48.4 Å². The van der Waals surface area contributed by atoms with Gasteiger partial charge in [0.05, 0.1) is 30.2 Å². The first kappa shape index (κ1) is 19.9. The van der Waals surface area contributed by atoms with E-state index < -0.39 is 6.04 Å². The number of benzene rings is 2. The van der Waals surface area contributed by atoms with Gasteiger partial charge in [-0.3, -0.25) is 14.5 Å². The van der Waals surface area contributed by atoms with E-state index in [-0.39, 0.29) is 22.9 Å². The van der Waals surface area contributed by atoms with Crippen LogP contribution in [0.15, 0.2) is 51.7 Å². The van der Waals surface area contributed by atoms with E-state index in [1.165, 1.54) is 12.1 Å². The molecule has 7 heteroatoms. The Hall–Kier alpha value is -3.03. The fraction of sp³-hybridized carbons (Fsp3) is 0.333. The highest BCUT2D eigenvalue weighted by molar-refractivity contribution is 5.99. The summed E-state index contributed by atoms with van der Waals surface area (Å²) in [6.45, 7) is 5.94. The number of amides is 1. The molecule has 0 bridgehead atoms. The molecule has 1 atom stereocenters. The summed E-state index contributed by atoms with van der Waals surface area (Å²) in [6, 6.07) is 10.7. The van der Waals surface area contributed by atoms with Crippen LogP contribution in [-0.2, 0) is 4.74 Å². The number of hydrogen-bond acceptors (Lipinski definition) is 5. The number of hydrogen-bond donors (Lipinski definition) is 0. The summed E-state index contributed by atoms with van der Waals surface area (Å²) in [5.41, 5.74) is 2.14. The van der Waals surface area contributed by atoms with Crippen LogP contribution in [0.4, 0.5) is 4.39 Å². The van der Waals surface area contributed by atoms with Crippen LogP contribution in [0, 0.1) is 12.7 Å². The zero-order valence-corrected chi connectivity index (χ0v) is 17.3. The fourth-order valence-corrected chi connectivity index (χ4v) is 4.43. The summed E-state index contributed by atoms with van der Waals surface area (Å²) in [5.74, 6) is -0.593. The molecule has 3 heterocycles. The van der Waals surface area contributed by atoms with E-state index in [0.717, 1.165) is 18.7 Å². The monoisotopic (exact) mass is 422 g/mol. The van der Waals surface area contributed by atoms with Gasteiger partial charge in [0.1, 0.15) is 11.4 Å². The second-order valence-electron chi connectivity index (χ2n) is 8.08. The smallest absolute Gasteiger partial charge is 0.290 e. The van der Waals surface area contributed by atoms with E-state index in [1.807, 2.05) is 13.0 Å². The molecule has 1 aromatic heterocycles. The van der Waals surface area contributed by atoms with Gasteiger partial charge in [-0.1, -0.05) is 23.8 Å². The number of rotatable bonds is 4. The van der Waals surface area contributed by atoms with Crippen molar-refractivity contribution in [3.8, 4) is 0 Å². The molecule has 1 amide bonds. The van der Waals surface area contributed by atoms with Gasteiger partial charge >= 0.3 is 0 Å². The van der Waals surface area contributed by atoms with Crippen molar-refractivity contribution >= 4 is 16.9 Å². The number of morpholine rings is 1. The molecule has 0 unspecified atom stereocenters. The van der Waals surface area contributed by atoms with Gasteiger partial charge in [0.2, 0.25) is 5.76 Å². The first-order valence-corrected chi connectivity index (χ1v) is 10.5. The third-order valence-corrected chi connectivity index (χ3v) is 6.07. The molecule has 0 spiro atoms. The zero-order valence-electron chi connectivity index (χ0n) is 17.3. The van der Waals surface area contributed by atoms with E-state index in [1.54, 1.807) is 29.2 Å². The second kappa shape index (κ2) is 7.90. The molecule has 1 saturated heterocycles. The van der Waals surface area contributed by atoms with Crippen molar-refractivity contribution in [2.75, 3.05) is 39.4 Å². The number of carbonyl (C=O) groups excluding carboxylic acids is 1. The summed E-state index contributed by atoms with van der Waals surface area (Å²) >= 11 is 0. The molecular formula is C24H23FN2O4. The Morgan fingerprint density at radius 1 is 1.03 bits per heavy atom. The third kappa shape index (κ3) is 3.54. The van der Waals surface area contributed by atoms with Gasteiger partial charge in [0.15, 0.2) is 5.43 Å². The zero-order chi connectivity index (χ0) is 21.5. The molecule has 0 aliphatic carbocycles. The molecule has 6 nitrogen and oxygen atoms in total. The van der Waals surface area contributed by atoms with Crippen molar-refractivity contribution in [2.45, 2.75) is 13.0 Å². The maximum atomic E-state index is 13.6. The minimum atomic E-state index is -0.606. The highest BCUT2D eigenvalue weighted by atomic mass is 19.1. The maximum Gasteiger partial charge on any atom is 0.290 e. The molecule has 5 rings (SSSR count). The van der Waals surface area contributed by atoms with E-state index in [4.69, 9.17) is 9.15 Å². The van der Waals surface area contributed by atoms with E-state index in [2.05, 4.69) is 4.90 Å². The normalized spacial score (nSPS) is 19.2. The molecule has 2 aliphatic rings. The summed E-state index contributed by atoms with van der Waals surface area (Å²) in [4.78, 5) is 30.7. The lowest BCUT2D eigenvalue weighted by Crippen LogP contribution is -2.42. The number of fused-ring (bicyclic) bond motifs is 2. The highest BCUT2D eigenvalue weighted by Crippen LogP contribution is 2.38. The quantitative estimate of drug-likeness (QED) is 0.647. The standard InChI is InChI=1S/C24H23FN2O4/c1-15-2-7-19-18(14-15)22(28)20-21(16-3-5-17(25)6-4-16)27(24(29)23(20)31-19)9-8-26-10-12-30-13-11-26/h2-7,14,21H,8-13H2,1H3/t21-/m0/s1. The van der Waals surface area contributed by atoms with Gasteiger partial charge in [-0.2, -0.15) is 0 Å². The molecule has 0 N–H and O–H groups in total. The predicted octanol–water partition coefficient (Wildman–Crippen LogP) is 3.12.